The molecule has 0 unspecified atom stereocenters. The summed E-state index contributed by atoms with van der Waals surface area (Å²) in [5.41, 5.74) is 2.55. The summed E-state index contributed by atoms with van der Waals surface area (Å²) in [6, 6.07) is 7.53. The fourth-order valence-corrected chi connectivity index (χ4v) is 4.68. The molecule has 0 bridgehead atoms. The average molecular weight is 439 g/mol. The van der Waals surface area contributed by atoms with Crippen LogP contribution in [0.5, 0.6) is 5.75 Å². The highest BCUT2D eigenvalue weighted by atomic mass is 35.5. The van der Waals surface area contributed by atoms with Crippen LogP contribution in [0.25, 0.3) is 0 Å². The highest BCUT2D eigenvalue weighted by Crippen LogP contribution is 2.37. The number of carbonyl (C=O) groups is 2. The summed E-state index contributed by atoms with van der Waals surface area (Å²) in [4.78, 5) is 28.3. The van der Waals surface area contributed by atoms with Gasteiger partial charge in [-0.15, -0.1) is 23.7 Å². The van der Waals surface area contributed by atoms with E-state index in [2.05, 4.69) is 17.1 Å². The molecule has 1 aromatic carbocycles. The second-order valence-electron chi connectivity index (χ2n) is 6.88. The molecular formula is C21H27ClN2O4S. The van der Waals surface area contributed by atoms with Crippen LogP contribution < -0.4 is 10.1 Å². The quantitative estimate of drug-likeness (QED) is 0.660. The van der Waals surface area contributed by atoms with Gasteiger partial charge in [0.2, 0.25) is 0 Å². The van der Waals surface area contributed by atoms with E-state index >= 15 is 0 Å². The number of nitrogens with one attached hydrogen (secondary N) is 1. The number of methoxy groups -OCH3 is 1. The molecule has 158 valence electrons. The Labute approximate surface area is 181 Å². The number of hydrogen-bond acceptors (Lipinski definition) is 6. The zero-order valence-corrected chi connectivity index (χ0v) is 18.6. The van der Waals surface area contributed by atoms with E-state index in [0.717, 1.165) is 48.5 Å². The van der Waals surface area contributed by atoms with Crippen molar-refractivity contribution >= 4 is 40.6 Å². The molecule has 0 saturated heterocycles. The first kappa shape index (κ1) is 23.2. The maximum atomic E-state index is 12.4. The Morgan fingerprint density at radius 3 is 2.79 bits per heavy atom. The van der Waals surface area contributed by atoms with Crippen LogP contribution in [0.15, 0.2) is 24.3 Å². The Balaban J connectivity index is 0.00000300. The minimum Gasteiger partial charge on any atom is -0.484 e. The molecule has 0 fully saturated rings. The number of aryl methyl sites for hydroxylation is 1. The summed E-state index contributed by atoms with van der Waals surface area (Å²) < 4.78 is 10.5. The molecule has 29 heavy (non-hydrogen) atoms. The molecule has 0 aliphatic carbocycles. The van der Waals surface area contributed by atoms with Crippen LogP contribution in [-0.2, 0) is 22.5 Å². The first-order valence-corrected chi connectivity index (χ1v) is 10.3. The van der Waals surface area contributed by atoms with Crippen LogP contribution in [0.3, 0.4) is 0 Å². The second-order valence-corrected chi connectivity index (χ2v) is 7.98. The molecule has 1 aromatic heterocycles. The van der Waals surface area contributed by atoms with Gasteiger partial charge in [-0.1, -0.05) is 19.1 Å². The van der Waals surface area contributed by atoms with Gasteiger partial charge in [-0.2, -0.15) is 0 Å². The lowest BCUT2D eigenvalue weighted by Gasteiger charge is -2.26. The molecule has 6 nitrogen and oxygen atoms in total. The van der Waals surface area contributed by atoms with Gasteiger partial charge in [-0.25, -0.2) is 4.79 Å². The average Bonchev–Trinajstić information content (AvgIpc) is 3.03. The standard InChI is InChI=1S/C21H26N2O4S.ClH/c1-4-9-23-10-8-16-17(12-23)28-20(19(16)21(25)26-3)22-18(24)13-27-15-7-5-6-14(2)11-15;/h5-7,11H,4,8-10,12-13H2,1-3H3,(H,22,24);1H. The fourth-order valence-electron chi connectivity index (χ4n) is 3.39. The molecule has 8 heteroatoms. The number of halogens is 1. The Morgan fingerprint density at radius 1 is 1.31 bits per heavy atom. The lowest BCUT2D eigenvalue weighted by molar-refractivity contribution is -0.118. The molecule has 1 N–H and O–H groups in total. The van der Waals surface area contributed by atoms with Gasteiger partial charge in [0.25, 0.3) is 5.91 Å². The van der Waals surface area contributed by atoms with Gasteiger partial charge in [0.15, 0.2) is 6.61 Å². The van der Waals surface area contributed by atoms with Crippen LogP contribution in [-0.4, -0.2) is 43.6 Å². The number of nitrogens with zero attached hydrogens (tertiary/aromatic N) is 1. The second kappa shape index (κ2) is 10.6. The minimum absolute atomic E-state index is 0. The zero-order valence-electron chi connectivity index (χ0n) is 16.9. The largest absolute Gasteiger partial charge is 0.484 e. The molecule has 0 radical (unpaired) electrons. The van der Waals surface area contributed by atoms with Gasteiger partial charge in [0.05, 0.1) is 12.7 Å². The van der Waals surface area contributed by atoms with Crippen LogP contribution in [0.4, 0.5) is 5.00 Å². The lowest BCUT2D eigenvalue weighted by Crippen LogP contribution is -2.30. The van der Waals surface area contributed by atoms with Gasteiger partial charge < -0.3 is 14.8 Å². The number of carbonyl (C=O) groups excluding carboxylic acids is 2. The van der Waals surface area contributed by atoms with Crippen molar-refractivity contribution in [1.82, 2.24) is 4.90 Å². The van der Waals surface area contributed by atoms with Crippen LogP contribution in [0, 0.1) is 6.92 Å². The predicted octanol–water partition coefficient (Wildman–Crippen LogP) is 4.05. The summed E-state index contributed by atoms with van der Waals surface area (Å²) >= 11 is 1.46. The normalized spacial score (nSPS) is 13.2. The molecule has 0 atom stereocenters. The van der Waals surface area contributed by atoms with Crippen molar-refractivity contribution in [3.63, 3.8) is 0 Å². The number of rotatable bonds is 7. The third-order valence-corrected chi connectivity index (χ3v) is 5.81. The van der Waals surface area contributed by atoms with Gasteiger partial charge in [-0.05, 0) is 49.6 Å². The first-order chi connectivity index (χ1) is 13.5. The number of fused-ring (bicyclic) bond motifs is 1. The molecule has 0 spiro atoms. The van der Waals surface area contributed by atoms with Crippen LogP contribution >= 0.6 is 23.7 Å². The van der Waals surface area contributed by atoms with E-state index in [-0.39, 0.29) is 24.9 Å². The van der Waals surface area contributed by atoms with E-state index in [1.54, 1.807) is 0 Å². The molecular weight excluding hydrogens is 412 g/mol. The maximum Gasteiger partial charge on any atom is 0.341 e. The van der Waals surface area contributed by atoms with Gasteiger partial charge in [-0.3, -0.25) is 9.69 Å². The van der Waals surface area contributed by atoms with Crippen molar-refractivity contribution in [3.05, 3.63) is 45.8 Å². The predicted molar refractivity (Wildman–Crippen MR) is 117 cm³/mol. The topological polar surface area (TPSA) is 67.9 Å². The van der Waals surface area contributed by atoms with Crippen molar-refractivity contribution in [1.29, 1.82) is 0 Å². The van der Waals surface area contributed by atoms with Gasteiger partial charge in [0, 0.05) is 18.0 Å². The molecule has 1 aliphatic heterocycles. The van der Waals surface area contributed by atoms with E-state index in [0.29, 0.717) is 16.3 Å². The Kier molecular flexibility index (Phi) is 8.49. The molecule has 1 amide bonds. The lowest BCUT2D eigenvalue weighted by atomic mass is 10.0. The van der Waals surface area contributed by atoms with Gasteiger partial charge >= 0.3 is 5.97 Å². The highest BCUT2D eigenvalue weighted by molar-refractivity contribution is 7.17. The number of amides is 1. The summed E-state index contributed by atoms with van der Waals surface area (Å²) in [7, 11) is 1.37. The monoisotopic (exact) mass is 438 g/mol. The van der Waals surface area contributed by atoms with Crippen LogP contribution in [0.2, 0.25) is 0 Å². The SMILES string of the molecule is CCCN1CCc2c(sc(NC(=O)COc3cccc(C)c3)c2C(=O)OC)C1.Cl. The molecule has 3 rings (SSSR count). The summed E-state index contributed by atoms with van der Waals surface area (Å²) in [5, 5.41) is 3.40. The smallest absolute Gasteiger partial charge is 0.341 e. The third kappa shape index (κ3) is 5.72. The molecule has 1 aliphatic rings. The Bertz CT molecular complexity index is 868. The van der Waals surface area contributed by atoms with E-state index in [9.17, 15) is 9.59 Å². The van der Waals surface area contributed by atoms with Gasteiger partial charge in [0.1, 0.15) is 10.8 Å². The van der Waals surface area contributed by atoms with E-state index in [4.69, 9.17) is 9.47 Å². The van der Waals surface area contributed by atoms with E-state index in [1.807, 2.05) is 31.2 Å². The van der Waals surface area contributed by atoms with Crippen LogP contribution in [0.1, 0.15) is 39.7 Å². The van der Waals surface area contributed by atoms with Crippen molar-refractivity contribution < 1.29 is 19.1 Å². The van der Waals surface area contributed by atoms with E-state index in [1.165, 1.54) is 18.4 Å². The minimum atomic E-state index is -0.406. The molecule has 2 heterocycles. The Morgan fingerprint density at radius 2 is 2.10 bits per heavy atom. The van der Waals surface area contributed by atoms with E-state index < -0.39 is 5.97 Å². The summed E-state index contributed by atoms with van der Waals surface area (Å²) in [5.74, 6) is -0.0592. The third-order valence-electron chi connectivity index (χ3n) is 4.68. The highest BCUT2D eigenvalue weighted by Gasteiger charge is 2.29. The number of ether oxygens (including phenoxy) is 2. The number of anilines is 1. The summed E-state index contributed by atoms with van der Waals surface area (Å²) in [6.07, 6.45) is 1.87. The summed E-state index contributed by atoms with van der Waals surface area (Å²) in [6.45, 7) is 6.74. The Hall–Kier alpha value is -2.09. The number of thiophene rings is 1. The molecule has 2 aromatic rings. The van der Waals surface area contributed by atoms with Crippen molar-refractivity contribution in [2.24, 2.45) is 0 Å². The zero-order chi connectivity index (χ0) is 20.1. The molecule has 0 saturated carbocycles. The van der Waals surface area contributed by atoms with Crippen molar-refractivity contribution in [3.8, 4) is 5.75 Å². The number of hydrogen-bond donors (Lipinski definition) is 1. The number of benzene rings is 1. The fraction of sp³-hybridized carbons (Fsp3) is 0.429. The first-order valence-electron chi connectivity index (χ1n) is 9.46. The van der Waals surface area contributed by atoms with Crippen molar-refractivity contribution in [2.45, 2.75) is 33.2 Å². The van der Waals surface area contributed by atoms with Crippen molar-refractivity contribution in [2.75, 3.05) is 32.1 Å². The maximum absolute atomic E-state index is 12.4. The number of esters is 1.